The van der Waals surface area contributed by atoms with Crippen LogP contribution in [0.5, 0.6) is 5.75 Å². The van der Waals surface area contributed by atoms with Gasteiger partial charge < -0.3 is 15.7 Å². The monoisotopic (exact) mass is 500 g/mol. The van der Waals surface area contributed by atoms with E-state index in [0.29, 0.717) is 36.2 Å². The highest BCUT2D eigenvalue weighted by Gasteiger charge is 2.39. The molecule has 4 rings (SSSR count). The van der Waals surface area contributed by atoms with Crippen LogP contribution in [-0.2, 0) is 17.3 Å². The summed E-state index contributed by atoms with van der Waals surface area (Å²) in [5.41, 5.74) is -0.350. The molecule has 192 valence electrons. The molecule has 0 saturated carbocycles. The molecule has 2 heterocycles. The first-order valence-corrected chi connectivity index (χ1v) is 12.0. The molecule has 1 aliphatic rings. The fraction of sp³-hybridized carbons (Fsp3) is 0.407. The summed E-state index contributed by atoms with van der Waals surface area (Å²) in [4.78, 5) is 13.6. The zero-order valence-electron chi connectivity index (χ0n) is 20.8. The Morgan fingerprint density at radius 3 is 2.31 bits per heavy atom. The Kier molecular flexibility index (Phi) is 6.53. The number of aromatic hydroxyl groups is 1. The molecule has 0 saturated heterocycles. The van der Waals surface area contributed by atoms with E-state index >= 15 is 0 Å². The van der Waals surface area contributed by atoms with Crippen molar-refractivity contribution >= 4 is 11.7 Å². The smallest absolute Gasteiger partial charge is 0.416 e. The van der Waals surface area contributed by atoms with Gasteiger partial charge in [0.05, 0.1) is 28.9 Å². The number of hydrogen-bond acceptors (Lipinski definition) is 4. The highest BCUT2D eigenvalue weighted by Crippen LogP contribution is 2.42. The number of halogens is 3. The SMILES string of the molecule is CCC(CC)(NC(=O)c1cnn2c1NC(c1ccccc1O)CC2(C)C)c1ccc(C(F)(F)F)cc1. The first-order valence-electron chi connectivity index (χ1n) is 12.0. The van der Waals surface area contributed by atoms with Crippen LogP contribution < -0.4 is 10.6 Å². The third-order valence-corrected chi connectivity index (χ3v) is 7.24. The Bertz CT molecular complexity index is 1240. The van der Waals surface area contributed by atoms with Crippen molar-refractivity contribution in [1.82, 2.24) is 15.1 Å². The summed E-state index contributed by atoms with van der Waals surface area (Å²) in [7, 11) is 0. The number of rotatable bonds is 6. The molecular weight excluding hydrogens is 469 g/mol. The molecule has 0 fully saturated rings. The van der Waals surface area contributed by atoms with Crippen LogP contribution in [0.3, 0.4) is 0 Å². The number of benzene rings is 2. The Labute approximate surface area is 208 Å². The van der Waals surface area contributed by atoms with Crippen molar-refractivity contribution in [2.45, 2.75) is 70.3 Å². The summed E-state index contributed by atoms with van der Waals surface area (Å²) in [6.45, 7) is 7.82. The second-order valence-corrected chi connectivity index (χ2v) is 9.91. The number of nitrogens with zero attached hydrogens (tertiary/aromatic N) is 2. The van der Waals surface area contributed by atoms with E-state index in [1.54, 1.807) is 16.8 Å². The molecule has 0 bridgehead atoms. The van der Waals surface area contributed by atoms with E-state index < -0.39 is 22.8 Å². The van der Waals surface area contributed by atoms with Gasteiger partial charge in [-0.1, -0.05) is 44.2 Å². The number of aromatic nitrogens is 2. The van der Waals surface area contributed by atoms with E-state index in [1.807, 2.05) is 39.8 Å². The lowest BCUT2D eigenvalue weighted by Crippen LogP contribution is -2.45. The van der Waals surface area contributed by atoms with Crippen molar-refractivity contribution in [2.24, 2.45) is 0 Å². The summed E-state index contributed by atoms with van der Waals surface area (Å²) in [5.74, 6) is 0.328. The normalized spacial score (nSPS) is 17.2. The number of carbonyl (C=O) groups excluding carboxylic acids is 1. The molecule has 1 amide bonds. The molecule has 36 heavy (non-hydrogen) atoms. The van der Waals surface area contributed by atoms with E-state index in [1.165, 1.54) is 18.3 Å². The molecule has 9 heteroatoms. The average molecular weight is 501 g/mol. The molecule has 3 aromatic rings. The van der Waals surface area contributed by atoms with E-state index in [9.17, 15) is 23.1 Å². The lowest BCUT2D eigenvalue weighted by atomic mass is 9.84. The number of phenolic OH excluding ortho intramolecular Hbond substituents is 1. The maximum Gasteiger partial charge on any atom is 0.416 e. The fourth-order valence-corrected chi connectivity index (χ4v) is 5.05. The minimum Gasteiger partial charge on any atom is -0.508 e. The quantitative estimate of drug-likeness (QED) is 0.369. The molecule has 0 spiro atoms. The summed E-state index contributed by atoms with van der Waals surface area (Å²) in [6, 6.07) is 11.8. The molecule has 0 aliphatic carbocycles. The number of hydrogen-bond donors (Lipinski definition) is 3. The Morgan fingerprint density at radius 2 is 1.72 bits per heavy atom. The predicted molar refractivity (Wildman–Crippen MR) is 132 cm³/mol. The highest BCUT2D eigenvalue weighted by molar-refractivity contribution is 5.99. The lowest BCUT2D eigenvalue weighted by Gasteiger charge is -2.39. The number of alkyl halides is 3. The molecule has 6 nitrogen and oxygen atoms in total. The molecular formula is C27H31F3N4O2. The highest BCUT2D eigenvalue weighted by atomic mass is 19.4. The number of nitrogens with one attached hydrogen (secondary N) is 2. The van der Waals surface area contributed by atoms with Crippen molar-refractivity contribution in [3.05, 3.63) is 77.0 Å². The van der Waals surface area contributed by atoms with Crippen molar-refractivity contribution in [3.8, 4) is 5.75 Å². The van der Waals surface area contributed by atoms with Crippen LogP contribution in [0.15, 0.2) is 54.7 Å². The minimum atomic E-state index is -4.43. The van der Waals surface area contributed by atoms with E-state index in [4.69, 9.17) is 0 Å². The summed E-state index contributed by atoms with van der Waals surface area (Å²) in [5, 5.41) is 21.4. The third kappa shape index (κ3) is 4.54. The Balaban J connectivity index is 1.67. The van der Waals surface area contributed by atoms with Crippen LogP contribution in [0.2, 0.25) is 0 Å². The molecule has 1 aromatic heterocycles. The van der Waals surface area contributed by atoms with Gasteiger partial charge in [0.25, 0.3) is 5.91 Å². The van der Waals surface area contributed by atoms with Gasteiger partial charge in [-0.15, -0.1) is 0 Å². The first kappa shape index (κ1) is 25.6. The summed E-state index contributed by atoms with van der Waals surface area (Å²) < 4.78 is 41.0. The fourth-order valence-electron chi connectivity index (χ4n) is 5.05. The van der Waals surface area contributed by atoms with Gasteiger partial charge in [-0.2, -0.15) is 18.3 Å². The van der Waals surface area contributed by atoms with Gasteiger partial charge in [0.2, 0.25) is 0 Å². The molecule has 3 N–H and O–H groups in total. The van der Waals surface area contributed by atoms with Crippen molar-refractivity contribution in [1.29, 1.82) is 0 Å². The van der Waals surface area contributed by atoms with Crippen LogP contribution in [0.1, 0.15) is 80.0 Å². The zero-order chi connectivity index (χ0) is 26.3. The largest absolute Gasteiger partial charge is 0.508 e. The topological polar surface area (TPSA) is 79.2 Å². The zero-order valence-corrected chi connectivity index (χ0v) is 20.8. The van der Waals surface area contributed by atoms with E-state index in [2.05, 4.69) is 15.7 Å². The first-order chi connectivity index (χ1) is 16.9. The van der Waals surface area contributed by atoms with Crippen molar-refractivity contribution in [3.63, 3.8) is 0 Å². The standard InChI is InChI=1S/C27H31F3N4O2/c1-5-26(6-2,17-11-13-18(14-12-17)27(28,29)30)33-24(36)20-16-31-34-23(20)32-21(15-25(34,3)4)19-9-7-8-10-22(19)35/h7-14,16,21,32,35H,5-6,15H2,1-4H3,(H,33,36). The van der Waals surface area contributed by atoms with Crippen LogP contribution in [0, 0.1) is 0 Å². The van der Waals surface area contributed by atoms with Crippen LogP contribution >= 0.6 is 0 Å². The Hall–Kier alpha value is -3.49. The number of anilines is 1. The number of phenols is 1. The number of para-hydroxylation sites is 1. The van der Waals surface area contributed by atoms with E-state index in [-0.39, 0.29) is 17.7 Å². The molecule has 1 aliphatic heterocycles. The number of carbonyl (C=O) groups is 1. The van der Waals surface area contributed by atoms with E-state index in [0.717, 1.165) is 17.7 Å². The van der Waals surface area contributed by atoms with Crippen LogP contribution in [-0.4, -0.2) is 20.8 Å². The maximum atomic E-state index is 13.6. The van der Waals surface area contributed by atoms with Crippen LogP contribution in [0.4, 0.5) is 19.0 Å². The lowest BCUT2D eigenvalue weighted by molar-refractivity contribution is -0.137. The van der Waals surface area contributed by atoms with Gasteiger partial charge in [-0.25, -0.2) is 4.68 Å². The summed E-state index contributed by atoms with van der Waals surface area (Å²) >= 11 is 0. The average Bonchev–Trinajstić information content (AvgIpc) is 3.27. The molecule has 1 unspecified atom stereocenters. The minimum absolute atomic E-state index is 0.169. The molecule has 2 aromatic carbocycles. The Morgan fingerprint density at radius 1 is 1.11 bits per heavy atom. The number of fused-ring (bicyclic) bond motifs is 1. The van der Waals surface area contributed by atoms with Crippen molar-refractivity contribution in [2.75, 3.05) is 5.32 Å². The van der Waals surface area contributed by atoms with Gasteiger partial charge in [0, 0.05) is 5.56 Å². The van der Waals surface area contributed by atoms with Gasteiger partial charge in [-0.3, -0.25) is 4.79 Å². The van der Waals surface area contributed by atoms with Gasteiger partial charge >= 0.3 is 6.18 Å². The second-order valence-electron chi connectivity index (χ2n) is 9.91. The maximum absolute atomic E-state index is 13.6. The van der Waals surface area contributed by atoms with Gasteiger partial charge in [0.1, 0.15) is 17.1 Å². The third-order valence-electron chi connectivity index (χ3n) is 7.24. The van der Waals surface area contributed by atoms with Gasteiger partial charge in [-0.05, 0) is 56.9 Å². The molecule has 1 atom stereocenters. The summed E-state index contributed by atoms with van der Waals surface area (Å²) in [6.07, 6.45) is -1.30. The van der Waals surface area contributed by atoms with Gasteiger partial charge in [0.15, 0.2) is 0 Å². The van der Waals surface area contributed by atoms with Crippen molar-refractivity contribution < 1.29 is 23.1 Å². The predicted octanol–water partition coefficient (Wildman–Crippen LogP) is 6.34. The second kappa shape index (κ2) is 9.19. The molecule has 0 radical (unpaired) electrons. The van der Waals surface area contributed by atoms with Crippen LogP contribution in [0.25, 0.3) is 0 Å². The number of amides is 1.